The van der Waals surface area contributed by atoms with E-state index < -0.39 is 10.0 Å². The number of aryl methyl sites for hydroxylation is 3. The summed E-state index contributed by atoms with van der Waals surface area (Å²) in [4.78, 5) is 4.46. The molecule has 0 amide bonds. The van der Waals surface area contributed by atoms with Gasteiger partial charge in [-0.15, -0.1) is 0 Å². The summed E-state index contributed by atoms with van der Waals surface area (Å²) >= 11 is 0. The molecule has 3 rings (SSSR count). The fraction of sp³-hybridized carbons (Fsp3) is 0.333. The van der Waals surface area contributed by atoms with Crippen LogP contribution in [0.1, 0.15) is 17.0 Å². The van der Waals surface area contributed by atoms with Crippen LogP contribution in [-0.4, -0.2) is 48.9 Å². The Morgan fingerprint density at radius 2 is 1.90 bits per heavy atom. The number of aromatic nitrogens is 3. The molecule has 0 bridgehead atoms. The van der Waals surface area contributed by atoms with Gasteiger partial charge < -0.3 is 15.2 Å². The van der Waals surface area contributed by atoms with Crippen LogP contribution in [-0.2, 0) is 23.6 Å². The van der Waals surface area contributed by atoms with Gasteiger partial charge in [-0.2, -0.15) is 5.10 Å². The van der Waals surface area contributed by atoms with Crippen LogP contribution in [0, 0.1) is 13.8 Å². The number of para-hydroxylation sites is 1. The second kappa shape index (κ2) is 9.80. The summed E-state index contributed by atoms with van der Waals surface area (Å²) < 4.78 is 30.7. The van der Waals surface area contributed by atoms with Crippen LogP contribution < -0.4 is 15.4 Å². The fourth-order valence-electron chi connectivity index (χ4n) is 3.23. The topological polar surface area (TPSA) is 105 Å². The number of rotatable bonds is 8. The zero-order valence-electron chi connectivity index (χ0n) is 18.3. The average molecular weight is 444 g/mol. The van der Waals surface area contributed by atoms with Crippen LogP contribution in [0.2, 0.25) is 0 Å². The van der Waals surface area contributed by atoms with E-state index >= 15 is 0 Å². The third-order valence-corrected chi connectivity index (χ3v) is 6.17. The van der Waals surface area contributed by atoms with Gasteiger partial charge in [-0.3, -0.25) is 4.99 Å². The normalized spacial score (nSPS) is 12.2. The largest absolute Gasteiger partial charge is 0.356 e. The third kappa shape index (κ3) is 5.74. The van der Waals surface area contributed by atoms with Gasteiger partial charge in [0, 0.05) is 51.8 Å². The van der Waals surface area contributed by atoms with Crippen LogP contribution in [0.25, 0.3) is 5.69 Å². The Kier molecular flexibility index (Phi) is 7.13. The average Bonchev–Trinajstić information content (AvgIpc) is 3.33. The van der Waals surface area contributed by atoms with E-state index in [9.17, 15) is 8.42 Å². The quantitative estimate of drug-likeness (QED) is 0.278. The van der Waals surface area contributed by atoms with Crippen molar-refractivity contribution >= 4 is 16.0 Å². The molecule has 0 atom stereocenters. The lowest BCUT2D eigenvalue weighted by Gasteiger charge is -2.15. The van der Waals surface area contributed by atoms with Gasteiger partial charge in [0.05, 0.1) is 16.3 Å². The number of aliphatic imine (C=N–C) groups is 1. The molecule has 0 saturated carbocycles. The van der Waals surface area contributed by atoms with Crippen LogP contribution in [0.15, 0.2) is 58.7 Å². The van der Waals surface area contributed by atoms with Crippen LogP contribution >= 0.6 is 0 Å². The first-order valence-corrected chi connectivity index (χ1v) is 11.5. The second-order valence-electron chi connectivity index (χ2n) is 7.23. The smallest absolute Gasteiger partial charge is 0.242 e. The SMILES string of the molecule is CN=C(NCCNS(=O)(=O)c1ccn(C)c1)NCc1ccccc1-n1nc(C)cc1C. The Morgan fingerprint density at radius 1 is 1.13 bits per heavy atom. The highest BCUT2D eigenvalue weighted by Crippen LogP contribution is 2.16. The Morgan fingerprint density at radius 3 is 2.55 bits per heavy atom. The van der Waals surface area contributed by atoms with Gasteiger partial charge in [0.25, 0.3) is 0 Å². The minimum atomic E-state index is -3.52. The summed E-state index contributed by atoms with van der Waals surface area (Å²) in [5.74, 6) is 0.585. The van der Waals surface area contributed by atoms with Crippen LogP contribution in [0.3, 0.4) is 0 Å². The first-order valence-electron chi connectivity index (χ1n) is 9.98. The van der Waals surface area contributed by atoms with Gasteiger partial charge in [-0.1, -0.05) is 18.2 Å². The maximum atomic E-state index is 12.3. The maximum absolute atomic E-state index is 12.3. The summed E-state index contributed by atoms with van der Waals surface area (Å²) in [6.07, 6.45) is 3.26. The summed E-state index contributed by atoms with van der Waals surface area (Å²) in [6.45, 7) is 5.18. The lowest BCUT2D eigenvalue weighted by molar-refractivity contribution is 0.580. The standard InChI is InChI=1S/C21H29N7O2S/c1-16-13-17(2)28(26-16)20-8-6-5-7-18(20)14-24-21(22-3)23-10-11-25-31(29,30)19-9-12-27(4)15-19/h5-9,12-13,15,25H,10-11,14H2,1-4H3,(H2,22,23,24). The van der Waals surface area contributed by atoms with Crippen molar-refractivity contribution in [2.75, 3.05) is 20.1 Å². The van der Waals surface area contributed by atoms with Gasteiger partial charge in [-0.05, 0) is 37.6 Å². The summed E-state index contributed by atoms with van der Waals surface area (Å²) in [7, 11) is -0.0606. The number of hydrogen-bond donors (Lipinski definition) is 3. The molecule has 2 heterocycles. The second-order valence-corrected chi connectivity index (χ2v) is 9.00. The molecule has 0 saturated heterocycles. The molecule has 0 radical (unpaired) electrons. The van der Waals surface area contributed by atoms with Crippen molar-refractivity contribution in [3.05, 3.63) is 65.7 Å². The highest BCUT2D eigenvalue weighted by Gasteiger charge is 2.14. The molecule has 10 heteroatoms. The van der Waals surface area contributed by atoms with E-state index in [4.69, 9.17) is 0 Å². The number of hydrogen-bond acceptors (Lipinski definition) is 4. The van der Waals surface area contributed by atoms with Crippen molar-refractivity contribution in [2.45, 2.75) is 25.3 Å². The first kappa shape index (κ1) is 22.6. The molecule has 31 heavy (non-hydrogen) atoms. The Labute approximate surface area is 183 Å². The molecule has 2 aromatic heterocycles. The third-order valence-electron chi connectivity index (χ3n) is 4.72. The van der Waals surface area contributed by atoms with E-state index in [1.807, 2.05) is 48.9 Å². The van der Waals surface area contributed by atoms with Crippen molar-refractivity contribution in [3.63, 3.8) is 0 Å². The zero-order valence-corrected chi connectivity index (χ0v) is 19.1. The number of guanidine groups is 1. The van der Waals surface area contributed by atoms with Gasteiger partial charge >= 0.3 is 0 Å². The zero-order chi connectivity index (χ0) is 22.4. The van der Waals surface area contributed by atoms with Crippen LogP contribution in [0.4, 0.5) is 0 Å². The van der Waals surface area contributed by atoms with E-state index in [1.54, 1.807) is 37.1 Å². The molecule has 0 spiro atoms. The molecule has 0 fully saturated rings. The highest BCUT2D eigenvalue weighted by atomic mass is 32.2. The van der Waals surface area contributed by atoms with Crippen molar-refractivity contribution in [1.29, 1.82) is 0 Å². The molecule has 1 aromatic carbocycles. The minimum absolute atomic E-state index is 0.236. The molecular formula is C21H29N7O2S. The first-order chi connectivity index (χ1) is 14.8. The molecule has 0 aliphatic carbocycles. The monoisotopic (exact) mass is 443 g/mol. The van der Waals surface area contributed by atoms with Crippen molar-refractivity contribution in [2.24, 2.45) is 12.0 Å². The number of benzene rings is 1. The lowest BCUT2D eigenvalue weighted by atomic mass is 10.1. The molecule has 9 nitrogen and oxygen atoms in total. The van der Waals surface area contributed by atoms with Gasteiger partial charge in [-0.25, -0.2) is 17.8 Å². The number of nitrogens with one attached hydrogen (secondary N) is 3. The molecular weight excluding hydrogens is 414 g/mol. The van der Waals surface area contributed by atoms with E-state index in [0.29, 0.717) is 19.0 Å². The fourth-order valence-corrected chi connectivity index (χ4v) is 4.31. The van der Waals surface area contributed by atoms with E-state index in [1.165, 1.54) is 0 Å². The predicted molar refractivity (Wildman–Crippen MR) is 122 cm³/mol. The molecule has 166 valence electrons. The van der Waals surface area contributed by atoms with E-state index in [0.717, 1.165) is 22.6 Å². The summed E-state index contributed by atoms with van der Waals surface area (Å²) in [5, 5.41) is 11.0. The van der Waals surface area contributed by atoms with Gasteiger partial charge in [0.2, 0.25) is 10.0 Å². The predicted octanol–water partition coefficient (Wildman–Crippen LogP) is 1.47. The van der Waals surface area contributed by atoms with E-state index in [-0.39, 0.29) is 11.4 Å². The number of sulfonamides is 1. The molecule has 3 N–H and O–H groups in total. The van der Waals surface area contributed by atoms with E-state index in [2.05, 4.69) is 25.4 Å². The van der Waals surface area contributed by atoms with Crippen molar-refractivity contribution in [3.8, 4) is 5.69 Å². The van der Waals surface area contributed by atoms with Gasteiger partial charge in [0.15, 0.2) is 5.96 Å². The minimum Gasteiger partial charge on any atom is -0.356 e. The molecule has 0 aliphatic heterocycles. The maximum Gasteiger partial charge on any atom is 0.242 e. The van der Waals surface area contributed by atoms with Crippen LogP contribution in [0.5, 0.6) is 0 Å². The Hall–Kier alpha value is -3.11. The summed E-state index contributed by atoms with van der Waals surface area (Å²) in [5.41, 5.74) is 4.11. The Bertz CT molecular complexity index is 1160. The Balaban J connectivity index is 1.54. The molecule has 3 aromatic rings. The van der Waals surface area contributed by atoms with Gasteiger partial charge in [0.1, 0.15) is 0 Å². The number of nitrogens with zero attached hydrogens (tertiary/aromatic N) is 4. The van der Waals surface area contributed by atoms with Crippen molar-refractivity contribution < 1.29 is 8.42 Å². The molecule has 0 unspecified atom stereocenters. The molecule has 0 aliphatic rings. The lowest BCUT2D eigenvalue weighted by Crippen LogP contribution is -2.41. The summed E-state index contributed by atoms with van der Waals surface area (Å²) in [6, 6.07) is 11.7. The highest BCUT2D eigenvalue weighted by molar-refractivity contribution is 7.89. The van der Waals surface area contributed by atoms with Crippen molar-refractivity contribution in [1.82, 2.24) is 29.7 Å².